The summed E-state index contributed by atoms with van der Waals surface area (Å²) in [6, 6.07) is 2.76. The molecule has 1 aromatic heterocycles. The van der Waals surface area contributed by atoms with Gasteiger partial charge in [-0.25, -0.2) is 0 Å². The SMILES string of the molecule is CCC(C)NC(=O)CN1CCN(C(=O)C(NC(=O)c2ccco2)C(C)C)CC1. The van der Waals surface area contributed by atoms with Gasteiger partial charge in [0.25, 0.3) is 5.91 Å². The van der Waals surface area contributed by atoms with Crippen LogP contribution in [0.1, 0.15) is 44.7 Å². The van der Waals surface area contributed by atoms with Crippen LogP contribution in [-0.4, -0.2) is 72.3 Å². The van der Waals surface area contributed by atoms with Gasteiger partial charge < -0.3 is 20.0 Å². The molecule has 0 aliphatic carbocycles. The number of furan rings is 1. The molecule has 28 heavy (non-hydrogen) atoms. The van der Waals surface area contributed by atoms with Crippen LogP contribution in [0.5, 0.6) is 0 Å². The van der Waals surface area contributed by atoms with Gasteiger partial charge in [0.05, 0.1) is 12.8 Å². The number of carbonyl (C=O) groups excluding carboxylic acids is 3. The van der Waals surface area contributed by atoms with Crippen LogP contribution in [0.15, 0.2) is 22.8 Å². The van der Waals surface area contributed by atoms with E-state index in [0.717, 1.165) is 6.42 Å². The molecule has 1 saturated heterocycles. The minimum Gasteiger partial charge on any atom is -0.459 e. The molecule has 0 aromatic carbocycles. The summed E-state index contributed by atoms with van der Waals surface area (Å²) >= 11 is 0. The maximum absolute atomic E-state index is 12.9. The first-order valence-electron chi connectivity index (χ1n) is 9.96. The Bertz CT molecular complexity index is 651. The van der Waals surface area contributed by atoms with Gasteiger partial charge in [-0.1, -0.05) is 20.8 Å². The van der Waals surface area contributed by atoms with Crippen molar-refractivity contribution in [2.24, 2.45) is 5.92 Å². The molecule has 1 fully saturated rings. The van der Waals surface area contributed by atoms with Crippen molar-refractivity contribution in [3.63, 3.8) is 0 Å². The molecular weight excluding hydrogens is 360 g/mol. The van der Waals surface area contributed by atoms with E-state index in [1.165, 1.54) is 6.26 Å². The van der Waals surface area contributed by atoms with Gasteiger partial charge in [0.15, 0.2) is 5.76 Å². The molecule has 0 bridgehead atoms. The number of piperazine rings is 1. The van der Waals surface area contributed by atoms with Crippen LogP contribution in [0.3, 0.4) is 0 Å². The Kier molecular flexibility index (Phi) is 8.04. The van der Waals surface area contributed by atoms with Gasteiger partial charge in [-0.05, 0) is 31.4 Å². The lowest BCUT2D eigenvalue weighted by Gasteiger charge is -2.37. The zero-order valence-corrected chi connectivity index (χ0v) is 17.2. The van der Waals surface area contributed by atoms with Crippen molar-refractivity contribution < 1.29 is 18.8 Å². The summed E-state index contributed by atoms with van der Waals surface area (Å²) in [6.07, 6.45) is 2.33. The van der Waals surface area contributed by atoms with Gasteiger partial charge in [0.1, 0.15) is 6.04 Å². The van der Waals surface area contributed by atoms with E-state index in [0.29, 0.717) is 32.7 Å². The molecule has 8 nitrogen and oxygen atoms in total. The van der Waals surface area contributed by atoms with Crippen molar-refractivity contribution in [3.05, 3.63) is 24.2 Å². The Morgan fingerprint density at radius 2 is 1.79 bits per heavy atom. The van der Waals surface area contributed by atoms with Crippen LogP contribution in [0.4, 0.5) is 0 Å². The van der Waals surface area contributed by atoms with Crippen LogP contribution in [0.2, 0.25) is 0 Å². The van der Waals surface area contributed by atoms with Crippen molar-refractivity contribution in [2.75, 3.05) is 32.7 Å². The quantitative estimate of drug-likeness (QED) is 0.691. The van der Waals surface area contributed by atoms with Crippen LogP contribution in [-0.2, 0) is 9.59 Å². The van der Waals surface area contributed by atoms with Crippen molar-refractivity contribution >= 4 is 17.7 Å². The molecule has 1 aliphatic heterocycles. The molecule has 1 aliphatic rings. The average Bonchev–Trinajstić information content (AvgIpc) is 3.20. The molecule has 2 atom stereocenters. The molecule has 3 amide bonds. The van der Waals surface area contributed by atoms with E-state index in [1.807, 2.05) is 32.6 Å². The van der Waals surface area contributed by atoms with E-state index >= 15 is 0 Å². The Balaban J connectivity index is 1.86. The van der Waals surface area contributed by atoms with Gasteiger partial charge in [-0.15, -0.1) is 0 Å². The van der Waals surface area contributed by atoms with Crippen molar-refractivity contribution in [1.29, 1.82) is 0 Å². The number of hydrogen-bond donors (Lipinski definition) is 2. The maximum Gasteiger partial charge on any atom is 0.287 e. The Hall–Kier alpha value is -2.35. The van der Waals surface area contributed by atoms with Gasteiger partial charge in [-0.3, -0.25) is 19.3 Å². The zero-order chi connectivity index (χ0) is 20.7. The van der Waals surface area contributed by atoms with Crippen LogP contribution in [0.25, 0.3) is 0 Å². The second-order valence-corrected chi connectivity index (χ2v) is 7.65. The van der Waals surface area contributed by atoms with E-state index in [-0.39, 0.29) is 29.5 Å². The smallest absolute Gasteiger partial charge is 0.287 e. The molecule has 0 spiro atoms. The van der Waals surface area contributed by atoms with Crippen molar-refractivity contribution in [2.45, 2.75) is 46.2 Å². The first-order chi connectivity index (χ1) is 13.3. The lowest BCUT2D eigenvalue weighted by atomic mass is 10.0. The minimum atomic E-state index is -0.613. The van der Waals surface area contributed by atoms with Gasteiger partial charge in [0, 0.05) is 32.2 Å². The van der Waals surface area contributed by atoms with E-state index in [9.17, 15) is 14.4 Å². The van der Waals surface area contributed by atoms with E-state index in [4.69, 9.17) is 4.42 Å². The van der Waals surface area contributed by atoms with Crippen LogP contribution < -0.4 is 10.6 Å². The summed E-state index contributed by atoms with van der Waals surface area (Å²) in [5, 5.41) is 5.75. The largest absolute Gasteiger partial charge is 0.459 e. The second kappa shape index (κ2) is 10.3. The lowest BCUT2D eigenvalue weighted by molar-refractivity contribution is -0.136. The minimum absolute atomic E-state index is 0.0138. The number of rotatable bonds is 8. The van der Waals surface area contributed by atoms with E-state index in [1.54, 1.807) is 17.0 Å². The van der Waals surface area contributed by atoms with Crippen LogP contribution >= 0.6 is 0 Å². The molecule has 0 radical (unpaired) electrons. The number of amides is 3. The van der Waals surface area contributed by atoms with Crippen LogP contribution in [0, 0.1) is 5.92 Å². The predicted octanol–water partition coefficient (Wildman–Crippen LogP) is 1.09. The molecule has 2 rings (SSSR count). The molecule has 156 valence electrons. The van der Waals surface area contributed by atoms with E-state index in [2.05, 4.69) is 10.6 Å². The monoisotopic (exact) mass is 392 g/mol. The first-order valence-corrected chi connectivity index (χ1v) is 9.96. The Morgan fingerprint density at radius 3 is 2.32 bits per heavy atom. The highest BCUT2D eigenvalue weighted by molar-refractivity contribution is 5.95. The fourth-order valence-corrected chi connectivity index (χ4v) is 3.08. The third kappa shape index (κ3) is 6.09. The fourth-order valence-electron chi connectivity index (χ4n) is 3.08. The number of carbonyl (C=O) groups is 3. The highest BCUT2D eigenvalue weighted by atomic mass is 16.3. The second-order valence-electron chi connectivity index (χ2n) is 7.65. The molecule has 2 heterocycles. The van der Waals surface area contributed by atoms with Crippen molar-refractivity contribution in [1.82, 2.24) is 20.4 Å². The summed E-state index contributed by atoms with van der Waals surface area (Å²) in [6.45, 7) is 10.5. The molecule has 0 saturated carbocycles. The van der Waals surface area contributed by atoms with Gasteiger partial charge in [-0.2, -0.15) is 0 Å². The summed E-state index contributed by atoms with van der Waals surface area (Å²) in [5.74, 6) is -0.336. The normalized spacial score (nSPS) is 17.2. The molecule has 1 aromatic rings. The molecule has 2 unspecified atom stereocenters. The standard InChI is InChI=1S/C20H32N4O4/c1-5-15(4)21-17(25)13-23-8-10-24(11-9-23)20(27)18(14(2)3)22-19(26)16-7-6-12-28-16/h6-7,12,14-15,18H,5,8-11,13H2,1-4H3,(H,21,25)(H,22,26). The van der Waals surface area contributed by atoms with Gasteiger partial charge in [0.2, 0.25) is 11.8 Å². The topological polar surface area (TPSA) is 94.9 Å². The zero-order valence-electron chi connectivity index (χ0n) is 17.2. The molecule has 8 heteroatoms. The Labute approximate surface area is 166 Å². The summed E-state index contributed by atoms with van der Waals surface area (Å²) in [7, 11) is 0. The molecule has 2 N–H and O–H groups in total. The fraction of sp³-hybridized carbons (Fsp3) is 0.650. The number of hydrogen-bond acceptors (Lipinski definition) is 5. The lowest BCUT2D eigenvalue weighted by Crippen LogP contribution is -2.57. The number of nitrogens with one attached hydrogen (secondary N) is 2. The number of nitrogens with zero attached hydrogens (tertiary/aromatic N) is 2. The van der Waals surface area contributed by atoms with Gasteiger partial charge >= 0.3 is 0 Å². The third-order valence-corrected chi connectivity index (χ3v) is 5.04. The third-order valence-electron chi connectivity index (χ3n) is 5.04. The average molecular weight is 393 g/mol. The van der Waals surface area contributed by atoms with Crippen molar-refractivity contribution in [3.8, 4) is 0 Å². The first kappa shape index (κ1) is 21.9. The highest BCUT2D eigenvalue weighted by Crippen LogP contribution is 2.11. The Morgan fingerprint density at radius 1 is 1.11 bits per heavy atom. The molecular formula is C20H32N4O4. The maximum atomic E-state index is 12.9. The highest BCUT2D eigenvalue weighted by Gasteiger charge is 2.31. The predicted molar refractivity (Wildman–Crippen MR) is 106 cm³/mol. The van der Waals surface area contributed by atoms with E-state index < -0.39 is 11.9 Å². The summed E-state index contributed by atoms with van der Waals surface area (Å²) in [5.41, 5.74) is 0. The summed E-state index contributed by atoms with van der Waals surface area (Å²) < 4.78 is 5.11. The summed E-state index contributed by atoms with van der Waals surface area (Å²) in [4.78, 5) is 41.1.